The second-order valence-corrected chi connectivity index (χ2v) is 5.16. The summed E-state index contributed by atoms with van der Waals surface area (Å²) in [6, 6.07) is 0. The van der Waals surface area contributed by atoms with Crippen LogP contribution >= 0.6 is 0 Å². The molecule has 0 unspecified atom stereocenters. The van der Waals surface area contributed by atoms with Crippen molar-refractivity contribution < 1.29 is 9.53 Å². The van der Waals surface area contributed by atoms with E-state index in [1.807, 2.05) is 6.08 Å². The molecule has 0 amide bonds. The molecule has 90 valence electrons. The van der Waals surface area contributed by atoms with E-state index in [4.69, 9.17) is 4.74 Å². The Morgan fingerprint density at radius 2 is 2.06 bits per heavy atom. The van der Waals surface area contributed by atoms with Gasteiger partial charge in [0.1, 0.15) is 0 Å². The van der Waals surface area contributed by atoms with Crippen LogP contribution in [0.5, 0.6) is 0 Å². The van der Waals surface area contributed by atoms with Crippen molar-refractivity contribution in [3.8, 4) is 0 Å². The highest BCUT2D eigenvalue weighted by Crippen LogP contribution is 2.30. The topological polar surface area (TPSA) is 38.3 Å². The van der Waals surface area contributed by atoms with E-state index >= 15 is 0 Å². The van der Waals surface area contributed by atoms with Crippen molar-refractivity contribution in [3.63, 3.8) is 0 Å². The highest BCUT2D eigenvalue weighted by Gasteiger charge is 2.35. The molecule has 3 nitrogen and oxygen atoms in total. The normalized spacial score (nSPS) is 22.2. The number of hydrogen-bond acceptors (Lipinski definition) is 3. The van der Waals surface area contributed by atoms with E-state index in [-0.39, 0.29) is 17.0 Å². The molecule has 0 saturated carbocycles. The molecule has 1 rings (SSSR count). The summed E-state index contributed by atoms with van der Waals surface area (Å²) in [6.45, 7) is 10.6. The second kappa shape index (κ2) is 4.42. The van der Waals surface area contributed by atoms with E-state index in [0.29, 0.717) is 6.61 Å². The van der Waals surface area contributed by atoms with Gasteiger partial charge in [-0.15, -0.1) is 0 Å². The molecule has 3 heteroatoms. The zero-order chi connectivity index (χ0) is 12.4. The van der Waals surface area contributed by atoms with Crippen LogP contribution in [0.15, 0.2) is 23.8 Å². The summed E-state index contributed by atoms with van der Waals surface area (Å²) in [6.07, 6.45) is 5.46. The molecule has 0 aliphatic carbocycles. The Morgan fingerprint density at radius 3 is 2.50 bits per heavy atom. The molecule has 0 radical (unpaired) electrons. The van der Waals surface area contributed by atoms with Gasteiger partial charge in [0, 0.05) is 17.2 Å². The molecule has 0 aromatic rings. The quantitative estimate of drug-likeness (QED) is 0.589. The number of ether oxygens (including phenoxy) is 1. The maximum absolute atomic E-state index is 11.2. The van der Waals surface area contributed by atoms with Crippen LogP contribution in [-0.2, 0) is 9.53 Å². The van der Waals surface area contributed by atoms with Gasteiger partial charge in [0.25, 0.3) is 0 Å². The van der Waals surface area contributed by atoms with Gasteiger partial charge in [-0.25, -0.2) is 4.79 Å². The van der Waals surface area contributed by atoms with Gasteiger partial charge in [0.15, 0.2) is 0 Å². The fraction of sp³-hybridized carbons (Fsp3) is 0.615. The van der Waals surface area contributed by atoms with Crippen LogP contribution in [0.25, 0.3) is 0 Å². The summed E-state index contributed by atoms with van der Waals surface area (Å²) >= 11 is 0. The molecule has 0 aromatic heterocycles. The summed E-state index contributed by atoms with van der Waals surface area (Å²) in [5, 5.41) is 3.48. The fourth-order valence-electron chi connectivity index (χ4n) is 2.09. The lowest BCUT2D eigenvalue weighted by Crippen LogP contribution is -2.45. The number of carbonyl (C=O) groups excluding carboxylic acids is 1. The lowest BCUT2D eigenvalue weighted by atomic mass is 9.96. The van der Waals surface area contributed by atoms with E-state index in [9.17, 15) is 4.79 Å². The molecule has 1 N–H and O–H groups in total. The number of carbonyl (C=O) groups is 1. The SMILES string of the molecule is CCOC(=O)/C=C/C1=CC(C)(C)NC1(C)C. The van der Waals surface area contributed by atoms with Crippen LogP contribution in [0, 0.1) is 0 Å². The van der Waals surface area contributed by atoms with Gasteiger partial charge in [-0.3, -0.25) is 5.32 Å². The van der Waals surface area contributed by atoms with Crippen molar-refractivity contribution in [2.45, 2.75) is 45.7 Å². The lowest BCUT2D eigenvalue weighted by molar-refractivity contribution is -0.137. The minimum Gasteiger partial charge on any atom is -0.463 e. The van der Waals surface area contributed by atoms with Crippen LogP contribution < -0.4 is 5.32 Å². The van der Waals surface area contributed by atoms with Gasteiger partial charge in [0.05, 0.1) is 6.61 Å². The first-order chi connectivity index (χ1) is 7.27. The number of nitrogens with one attached hydrogen (secondary N) is 1. The third kappa shape index (κ3) is 3.20. The molecule has 16 heavy (non-hydrogen) atoms. The largest absolute Gasteiger partial charge is 0.463 e. The molecule has 0 fully saturated rings. The van der Waals surface area contributed by atoms with E-state index in [1.165, 1.54) is 6.08 Å². The Labute approximate surface area is 97.6 Å². The summed E-state index contributed by atoms with van der Waals surface area (Å²) in [7, 11) is 0. The smallest absolute Gasteiger partial charge is 0.330 e. The maximum atomic E-state index is 11.2. The Bertz CT molecular complexity index is 338. The van der Waals surface area contributed by atoms with Gasteiger partial charge in [-0.2, -0.15) is 0 Å². The minimum atomic E-state index is -0.288. The third-order valence-electron chi connectivity index (χ3n) is 2.56. The average molecular weight is 223 g/mol. The lowest BCUT2D eigenvalue weighted by Gasteiger charge is -2.27. The third-order valence-corrected chi connectivity index (χ3v) is 2.56. The molecule has 1 aliphatic rings. The van der Waals surface area contributed by atoms with E-state index < -0.39 is 0 Å². The van der Waals surface area contributed by atoms with Crippen molar-refractivity contribution in [1.82, 2.24) is 5.32 Å². The zero-order valence-corrected chi connectivity index (χ0v) is 10.8. The van der Waals surface area contributed by atoms with Crippen LogP contribution in [0.1, 0.15) is 34.6 Å². The zero-order valence-electron chi connectivity index (χ0n) is 10.8. The Balaban J connectivity index is 2.77. The molecule has 0 atom stereocenters. The number of rotatable bonds is 3. The van der Waals surface area contributed by atoms with Gasteiger partial charge in [-0.05, 0) is 40.2 Å². The Kier molecular flexibility index (Phi) is 3.58. The first-order valence-corrected chi connectivity index (χ1v) is 5.64. The van der Waals surface area contributed by atoms with Gasteiger partial charge in [-0.1, -0.05) is 12.2 Å². The highest BCUT2D eigenvalue weighted by molar-refractivity contribution is 5.82. The van der Waals surface area contributed by atoms with Crippen LogP contribution in [0.4, 0.5) is 0 Å². The van der Waals surface area contributed by atoms with Gasteiger partial charge >= 0.3 is 5.97 Å². The Hall–Kier alpha value is -1.09. The van der Waals surface area contributed by atoms with Gasteiger partial charge < -0.3 is 4.74 Å². The van der Waals surface area contributed by atoms with Crippen molar-refractivity contribution >= 4 is 5.97 Å². The fourth-order valence-corrected chi connectivity index (χ4v) is 2.09. The van der Waals surface area contributed by atoms with Crippen molar-refractivity contribution in [1.29, 1.82) is 0 Å². The van der Waals surface area contributed by atoms with E-state index in [2.05, 4.69) is 39.1 Å². The molecule has 0 aromatic carbocycles. The van der Waals surface area contributed by atoms with Crippen molar-refractivity contribution in [2.75, 3.05) is 6.61 Å². The van der Waals surface area contributed by atoms with Crippen LogP contribution in [0.2, 0.25) is 0 Å². The minimum absolute atomic E-state index is 0.0299. The number of hydrogen-bond donors (Lipinski definition) is 1. The standard InChI is InChI=1S/C13H21NO2/c1-6-16-11(15)8-7-10-9-12(2,3)14-13(10,4)5/h7-9,14H,6H2,1-5H3/b8-7+. The van der Waals surface area contributed by atoms with E-state index in [1.54, 1.807) is 6.92 Å². The molecule has 1 aliphatic heterocycles. The molecular weight excluding hydrogens is 202 g/mol. The monoisotopic (exact) mass is 223 g/mol. The molecule has 1 heterocycles. The second-order valence-electron chi connectivity index (χ2n) is 5.16. The maximum Gasteiger partial charge on any atom is 0.330 e. The van der Waals surface area contributed by atoms with Crippen LogP contribution in [0.3, 0.4) is 0 Å². The average Bonchev–Trinajstić information content (AvgIpc) is 2.31. The molecule has 0 bridgehead atoms. The molecular formula is C13H21NO2. The molecule has 0 spiro atoms. The summed E-state index contributed by atoms with van der Waals surface area (Å²) in [5.41, 5.74) is 0.982. The Morgan fingerprint density at radius 1 is 1.44 bits per heavy atom. The van der Waals surface area contributed by atoms with Crippen LogP contribution in [-0.4, -0.2) is 23.7 Å². The van der Waals surface area contributed by atoms with E-state index in [0.717, 1.165) is 5.57 Å². The van der Waals surface area contributed by atoms with Crippen molar-refractivity contribution in [3.05, 3.63) is 23.8 Å². The first-order valence-electron chi connectivity index (χ1n) is 5.64. The predicted molar refractivity (Wildman–Crippen MR) is 65.1 cm³/mol. The first kappa shape index (κ1) is 13.0. The summed E-state index contributed by atoms with van der Waals surface area (Å²) < 4.78 is 4.85. The van der Waals surface area contributed by atoms with Gasteiger partial charge in [0.2, 0.25) is 0 Å². The highest BCUT2D eigenvalue weighted by atomic mass is 16.5. The molecule has 0 saturated heterocycles. The number of esters is 1. The van der Waals surface area contributed by atoms with Crippen molar-refractivity contribution in [2.24, 2.45) is 0 Å². The predicted octanol–water partition coefficient (Wildman–Crippen LogP) is 2.19. The summed E-state index contributed by atoms with van der Waals surface area (Å²) in [4.78, 5) is 11.2. The summed E-state index contributed by atoms with van der Waals surface area (Å²) in [5.74, 6) is -0.288.